The Kier molecular flexibility index (Phi) is 4.78. The molecule has 11 nitrogen and oxygen atoms in total. The van der Waals surface area contributed by atoms with Crippen LogP contribution in [0.15, 0.2) is 16.5 Å². The largest absolute Gasteiger partial charge is 0.467 e. The van der Waals surface area contributed by atoms with Crippen LogP contribution in [0.4, 0.5) is 10.7 Å². The molecule has 26 heavy (non-hydrogen) atoms. The van der Waals surface area contributed by atoms with Crippen LogP contribution in [0.2, 0.25) is 0 Å². The first-order valence-electron chi connectivity index (χ1n) is 7.98. The lowest BCUT2D eigenvalue weighted by Crippen LogP contribution is -2.51. The van der Waals surface area contributed by atoms with Crippen molar-refractivity contribution < 1.29 is 33.2 Å². The number of hydrogen-bond donors (Lipinski definition) is 0. The van der Waals surface area contributed by atoms with Crippen LogP contribution in [-0.4, -0.2) is 71.6 Å². The molecule has 1 aromatic heterocycles. The Morgan fingerprint density at radius 1 is 1.31 bits per heavy atom. The van der Waals surface area contributed by atoms with Crippen LogP contribution in [0.5, 0.6) is 0 Å². The smallest absolute Gasteiger partial charge is 0.433 e. The molecule has 3 heterocycles. The molecule has 1 aromatic rings. The maximum absolute atomic E-state index is 12.4. The SMILES string of the molecule is COC(=O)C1COC(=O)N1C1CCN(C(=O)c2ccc([N+](=O)[O-])o2)CC1. The summed E-state index contributed by atoms with van der Waals surface area (Å²) < 4.78 is 14.6. The third-order valence-electron chi connectivity index (χ3n) is 4.51. The Bertz CT molecular complexity index is 737. The fraction of sp³-hybridized carbons (Fsp3) is 0.533. The van der Waals surface area contributed by atoms with Crippen LogP contribution in [0.1, 0.15) is 23.4 Å². The van der Waals surface area contributed by atoms with Crippen molar-refractivity contribution in [2.24, 2.45) is 0 Å². The molecule has 3 rings (SSSR count). The molecule has 0 saturated carbocycles. The number of nitrogens with zero attached hydrogens (tertiary/aromatic N) is 3. The van der Waals surface area contributed by atoms with Crippen molar-refractivity contribution in [3.8, 4) is 0 Å². The van der Waals surface area contributed by atoms with Gasteiger partial charge in [-0.2, -0.15) is 0 Å². The Labute approximate surface area is 147 Å². The van der Waals surface area contributed by atoms with Crippen LogP contribution in [0.3, 0.4) is 0 Å². The van der Waals surface area contributed by atoms with Crippen molar-refractivity contribution in [1.82, 2.24) is 9.80 Å². The first-order valence-corrected chi connectivity index (χ1v) is 7.98. The first kappa shape index (κ1) is 17.7. The van der Waals surface area contributed by atoms with Gasteiger partial charge in [-0.25, -0.2) is 9.59 Å². The van der Waals surface area contributed by atoms with E-state index in [0.717, 1.165) is 6.07 Å². The van der Waals surface area contributed by atoms with Crippen LogP contribution in [0.25, 0.3) is 0 Å². The summed E-state index contributed by atoms with van der Waals surface area (Å²) in [5.74, 6) is -1.60. The van der Waals surface area contributed by atoms with Crippen LogP contribution in [-0.2, 0) is 14.3 Å². The third-order valence-corrected chi connectivity index (χ3v) is 4.51. The number of piperidine rings is 1. The second-order valence-corrected chi connectivity index (χ2v) is 5.94. The molecule has 0 N–H and O–H groups in total. The fourth-order valence-electron chi connectivity index (χ4n) is 3.20. The summed E-state index contributed by atoms with van der Waals surface area (Å²) in [5, 5.41) is 10.6. The number of carbonyl (C=O) groups excluding carboxylic acids is 3. The monoisotopic (exact) mass is 367 g/mol. The average molecular weight is 367 g/mol. The van der Waals surface area contributed by atoms with E-state index in [4.69, 9.17) is 13.9 Å². The standard InChI is InChI=1S/C15H17N3O8/c1-24-14(20)10-8-25-15(21)17(10)9-4-6-16(7-5-9)13(19)11-2-3-12(26-11)18(22)23/h2-3,9-10H,4-8H2,1H3. The number of cyclic esters (lactones) is 1. The average Bonchev–Trinajstić information content (AvgIpc) is 3.28. The van der Waals surface area contributed by atoms with Crippen molar-refractivity contribution in [3.05, 3.63) is 28.0 Å². The van der Waals surface area contributed by atoms with Crippen molar-refractivity contribution in [1.29, 1.82) is 0 Å². The maximum Gasteiger partial charge on any atom is 0.433 e. The number of rotatable bonds is 4. The van der Waals surface area contributed by atoms with Crippen molar-refractivity contribution in [2.45, 2.75) is 24.9 Å². The van der Waals surface area contributed by atoms with Gasteiger partial charge in [0, 0.05) is 19.1 Å². The van der Waals surface area contributed by atoms with E-state index in [2.05, 4.69) is 0 Å². The number of nitro groups is 1. The van der Waals surface area contributed by atoms with Gasteiger partial charge in [-0.3, -0.25) is 19.8 Å². The molecular weight excluding hydrogens is 350 g/mol. The van der Waals surface area contributed by atoms with Gasteiger partial charge < -0.3 is 18.8 Å². The molecular formula is C15H17N3O8. The Morgan fingerprint density at radius 2 is 2.00 bits per heavy atom. The summed E-state index contributed by atoms with van der Waals surface area (Å²) in [7, 11) is 1.24. The predicted molar refractivity (Wildman–Crippen MR) is 83.3 cm³/mol. The van der Waals surface area contributed by atoms with Gasteiger partial charge in [0.1, 0.15) is 11.5 Å². The molecule has 2 aliphatic heterocycles. The quantitative estimate of drug-likeness (QED) is 0.433. The van der Waals surface area contributed by atoms with E-state index in [1.165, 1.54) is 23.0 Å². The van der Waals surface area contributed by atoms with E-state index in [1.54, 1.807) is 0 Å². The van der Waals surface area contributed by atoms with Gasteiger partial charge in [-0.15, -0.1) is 0 Å². The summed E-state index contributed by atoms with van der Waals surface area (Å²) in [4.78, 5) is 48.9. The topological polar surface area (TPSA) is 132 Å². The minimum absolute atomic E-state index is 0.0548. The molecule has 0 aliphatic carbocycles. The van der Waals surface area contributed by atoms with Gasteiger partial charge in [0.05, 0.1) is 13.2 Å². The lowest BCUT2D eigenvalue weighted by molar-refractivity contribution is -0.402. The molecule has 0 spiro atoms. The molecule has 0 aromatic carbocycles. The minimum atomic E-state index is -0.785. The number of furan rings is 1. The van der Waals surface area contributed by atoms with Gasteiger partial charge in [0.15, 0.2) is 11.8 Å². The molecule has 140 valence electrons. The Morgan fingerprint density at radius 3 is 2.58 bits per heavy atom. The molecule has 2 fully saturated rings. The van der Waals surface area contributed by atoms with E-state index in [0.29, 0.717) is 25.9 Å². The number of methoxy groups -OCH3 is 1. The molecule has 1 atom stereocenters. The van der Waals surface area contributed by atoms with E-state index in [-0.39, 0.29) is 18.4 Å². The van der Waals surface area contributed by atoms with Crippen LogP contribution in [0, 0.1) is 10.1 Å². The summed E-state index contributed by atoms with van der Waals surface area (Å²) in [6.45, 7) is 0.575. The van der Waals surface area contributed by atoms with Crippen LogP contribution < -0.4 is 0 Å². The van der Waals surface area contributed by atoms with Crippen molar-refractivity contribution in [2.75, 3.05) is 26.8 Å². The van der Waals surface area contributed by atoms with Gasteiger partial charge in [-0.05, 0) is 18.9 Å². The predicted octanol–water partition coefficient (Wildman–Crippen LogP) is 0.786. The molecule has 2 amide bonds. The molecule has 11 heteroatoms. The number of likely N-dealkylation sites (tertiary alicyclic amines) is 1. The van der Waals surface area contributed by atoms with E-state index >= 15 is 0 Å². The number of ether oxygens (including phenoxy) is 2. The highest BCUT2D eigenvalue weighted by Crippen LogP contribution is 2.26. The van der Waals surface area contributed by atoms with Crippen molar-refractivity contribution >= 4 is 23.9 Å². The molecule has 2 saturated heterocycles. The number of esters is 1. The summed E-state index contributed by atoms with van der Waals surface area (Å²) in [6, 6.07) is 1.34. The number of amides is 2. The van der Waals surface area contributed by atoms with Gasteiger partial charge in [-0.1, -0.05) is 0 Å². The second kappa shape index (κ2) is 7.02. The first-order chi connectivity index (χ1) is 12.4. The van der Waals surface area contributed by atoms with Crippen molar-refractivity contribution in [3.63, 3.8) is 0 Å². The van der Waals surface area contributed by atoms with E-state index in [9.17, 15) is 24.5 Å². The molecule has 0 radical (unpaired) electrons. The second-order valence-electron chi connectivity index (χ2n) is 5.94. The molecule has 1 unspecified atom stereocenters. The third kappa shape index (κ3) is 3.19. The lowest BCUT2D eigenvalue weighted by Gasteiger charge is -2.36. The molecule has 2 aliphatic rings. The molecule has 0 bridgehead atoms. The highest BCUT2D eigenvalue weighted by Gasteiger charge is 2.44. The Hall–Kier alpha value is -3.11. The summed E-state index contributed by atoms with van der Waals surface area (Å²) in [6.07, 6.45) is 0.306. The van der Waals surface area contributed by atoms with E-state index < -0.39 is 34.8 Å². The summed E-state index contributed by atoms with van der Waals surface area (Å²) in [5.41, 5.74) is 0. The van der Waals surface area contributed by atoms with Gasteiger partial charge >= 0.3 is 17.9 Å². The van der Waals surface area contributed by atoms with Crippen LogP contribution >= 0.6 is 0 Å². The highest BCUT2D eigenvalue weighted by molar-refractivity contribution is 5.92. The zero-order valence-electron chi connectivity index (χ0n) is 14.0. The van der Waals surface area contributed by atoms with Gasteiger partial charge in [0.2, 0.25) is 0 Å². The normalized spacial score (nSPS) is 20.8. The Balaban J connectivity index is 1.63. The number of carbonyl (C=O) groups is 3. The lowest BCUT2D eigenvalue weighted by atomic mass is 10.0. The maximum atomic E-state index is 12.4. The summed E-state index contributed by atoms with van der Waals surface area (Å²) >= 11 is 0. The zero-order valence-corrected chi connectivity index (χ0v) is 14.0. The zero-order chi connectivity index (χ0) is 18.8. The highest BCUT2D eigenvalue weighted by atomic mass is 16.6. The minimum Gasteiger partial charge on any atom is -0.467 e. The fourth-order valence-corrected chi connectivity index (χ4v) is 3.20. The van der Waals surface area contributed by atoms with Gasteiger partial charge in [0.25, 0.3) is 5.91 Å². The van der Waals surface area contributed by atoms with E-state index in [1.807, 2.05) is 0 Å². The number of hydrogen-bond acceptors (Lipinski definition) is 8.